The van der Waals surface area contributed by atoms with Gasteiger partial charge in [0, 0.05) is 23.7 Å². The average Bonchev–Trinajstić information content (AvgIpc) is 2.41. The van der Waals surface area contributed by atoms with Crippen LogP contribution in [0.1, 0.15) is 5.56 Å². The van der Waals surface area contributed by atoms with Gasteiger partial charge in [-0.1, -0.05) is 12.1 Å². The van der Waals surface area contributed by atoms with Crippen molar-refractivity contribution in [2.75, 3.05) is 23.4 Å². The van der Waals surface area contributed by atoms with Gasteiger partial charge in [0.15, 0.2) is 0 Å². The summed E-state index contributed by atoms with van der Waals surface area (Å²) in [5.41, 5.74) is 6.70. The second kappa shape index (κ2) is 6.58. The number of anilines is 1. The van der Waals surface area contributed by atoms with Crippen LogP contribution < -0.4 is 16.4 Å². The van der Waals surface area contributed by atoms with Crippen molar-refractivity contribution in [1.29, 1.82) is 0 Å². The number of nitrogens with two attached hydrogens (primary N) is 1. The van der Waals surface area contributed by atoms with Gasteiger partial charge in [0.25, 0.3) is 0 Å². The van der Waals surface area contributed by atoms with Crippen LogP contribution in [0.25, 0.3) is 0 Å². The van der Waals surface area contributed by atoms with Crippen LogP contribution in [0.15, 0.2) is 24.3 Å². The third kappa shape index (κ3) is 4.25. The van der Waals surface area contributed by atoms with Crippen LogP contribution >= 0.6 is 11.8 Å². The molecule has 1 aromatic rings. The highest BCUT2D eigenvalue weighted by Gasteiger charge is 2.20. The van der Waals surface area contributed by atoms with Crippen molar-refractivity contribution in [2.24, 2.45) is 5.73 Å². The van der Waals surface area contributed by atoms with E-state index in [1.54, 1.807) is 36.0 Å². The Morgan fingerprint density at radius 2 is 2.11 bits per heavy atom. The topological polar surface area (TPSA) is 84.2 Å². The van der Waals surface area contributed by atoms with E-state index in [1.807, 2.05) is 0 Å². The smallest absolute Gasteiger partial charge is 0.242 e. The fourth-order valence-electron chi connectivity index (χ4n) is 1.87. The van der Waals surface area contributed by atoms with Gasteiger partial charge in [0.2, 0.25) is 11.8 Å². The number of rotatable bonds is 4. The maximum Gasteiger partial charge on any atom is 0.242 e. The Morgan fingerprint density at radius 1 is 1.37 bits per heavy atom. The second-order valence-electron chi connectivity index (χ2n) is 4.41. The number of benzene rings is 1. The molecule has 0 radical (unpaired) electrons. The van der Waals surface area contributed by atoms with Crippen molar-refractivity contribution >= 4 is 29.3 Å². The maximum atomic E-state index is 12.0. The van der Waals surface area contributed by atoms with Crippen LogP contribution in [0, 0.1) is 0 Å². The second-order valence-corrected chi connectivity index (χ2v) is 5.56. The number of nitrogens with one attached hydrogen (secondary N) is 2. The van der Waals surface area contributed by atoms with E-state index in [0.717, 1.165) is 29.3 Å². The number of carbonyl (C=O) groups is 2. The van der Waals surface area contributed by atoms with Gasteiger partial charge in [-0.2, -0.15) is 11.8 Å². The predicted octanol–water partition coefficient (Wildman–Crippen LogP) is 0.358. The fraction of sp³-hybridized carbons (Fsp3) is 0.385. The first-order valence-corrected chi connectivity index (χ1v) is 7.30. The van der Waals surface area contributed by atoms with Crippen LogP contribution in [0.2, 0.25) is 0 Å². The predicted molar refractivity (Wildman–Crippen MR) is 77.1 cm³/mol. The summed E-state index contributed by atoms with van der Waals surface area (Å²) in [5, 5.41) is 6.04. The van der Waals surface area contributed by atoms with E-state index in [2.05, 4.69) is 10.6 Å². The molecule has 4 N–H and O–H groups in total. The third-order valence-corrected chi connectivity index (χ3v) is 3.90. The van der Waals surface area contributed by atoms with Crippen molar-refractivity contribution < 1.29 is 9.59 Å². The van der Waals surface area contributed by atoms with Crippen molar-refractivity contribution in [3.05, 3.63) is 29.8 Å². The Labute approximate surface area is 116 Å². The quantitative estimate of drug-likeness (QED) is 0.743. The Bertz CT molecular complexity index is 455. The molecule has 1 aliphatic rings. The molecule has 5 nitrogen and oxygen atoms in total. The molecule has 1 unspecified atom stereocenters. The van der Waals surface area contributed by atoms with Crippen LogP contribution in [0.4, 0.5) is 5.69 Å². The summed E-state index contributed by atoms with van der Waals surface area (Å²) in [5.74, 6) is 1.46. The van der Waals surface area contributed by atoms with Crippen LogP contribution in [0.5, 0.6) is 0 Å². The molecular formula is C13H17N3O2S. The van der Waals surface area contributed by atoms with Gasteiger partial charge in [-0.15, -0.1) is 0 Å². The van der Waals surface area contributed by atoms with Crippen molar-refractivity contribution in [2.45, 2.75) is 12.5 Å². The fourth-order valence-corrected chi connectivity index (χ4v) is 2.80. The number of hydrogen-bond acceptors (Lipinski definition) is 4. The van der Waals surface area contributed by atoms with Gasteiger partial charge in [0.05, 0.1) is 12.5 Å². The summed E-state index contributed by atoms with van der Waals surface area (Å²) in [6.45, 7) is 0.861. The molecule has 19 heavy (non-hydrogen) atoms. The first-order chi connectivity index (χ1) is 9.15. The summed E-state index contributed by atoms with van der Waals surface area (Å²) in [6, 6.07) is 7.02. The molecule has 1 fully saturated rings. The highest BCUT2D eigenvalue weighted by Crippen LogP contribution is 2.13. The average molecular weight is 279 g/mol. The molecule has 102 valence electrons. The SMILES string of the molecule is NC(=O)Cc1ccc(NC(=O)C2CSCCN2)cc1. The minimum Gasteiger partial charge on any atom is -0.369 e. The van der Waals surface area contributed by atoms with Gasteiger partial charge in [-0.25, -0.2) is 0 Å². The summed E-state index contributed by atoms with van der Waals surface area (Å²) in [6.07, 6.45) is 0.217. The molecule has 1 aromatic carbocycles. The van der Waals surface area contributed by atoms with Crippen LogP contribution in [-0.2, 0) is 16.0 Å². The molecule has 0 aromatic heterocycles. The number of carbonyl (C=O) groups excluding carboxylic acids is 2. The van der Waals surface area contributed by atoms with Crippen molar-refractivity contribution in [3.63, 3.8) is 0 Å². The van der Waals surface area contributed by atoms with Gasteiger partial charge >= 0.3 is 0 Å². The minimum absolute atomic E-state index is 0.0187. The lowest BCUT2D eigenvalue weighted by Gasteiger charge is -2.22. The van der Waals surface area contributed by atoms with E-state index < -0.39 is 0 Å². The Balaban J connectivity index is 1.91. The molecule has 1 saturated heterocycles. The van der Waals surface area contributed by atoms with E-state index in [9.17, 15) is 9.59 Å². The summed E-state index contributed by atoms with van der Waals surface area (Å²) >= 11 is 1.78. The van der Waals surface area contributed by atoms with E-state index in [0.29, 0.717) is 0 Å². The molecular weight excluding hydrogens is 262 g/mol. The first kappa shape index (κ1) is 13.9. The van der Waals surface area contributed by atoms with Gasteiger partial charge in [-0.05, 0) is 17.7 Å². The molecule has 2 amide bonds. The molecule has 2 rings (SSSR count). The Hall–Kier alpha value is -1.53. The van der Waals surface area contributed by atoms with Crippen molar-refractivity contribution in [3.8, 4) is 0 Å². The zero-order valence-corrected chi connectivity index (χ0v) is 11.3. The normalized spacial score (nSPS) is 18.8. The molecule has 0 saturated carbocycles. The maximum absolute atomic E-state index is 12.0. The Kier molecular flexibility index (Phi) is 4.81. The summed E-state index contributed by atoms with van der Waals surface area (Å²) in [7, 11) is 0. The molecule has 0 aliphatic carbocycles. The lowest BCUT2D eigenvalue weighted by molar-refractivity contribution is -0.118. The number of primary amides is 1. The zero-order chi connectivity index (χ0) is 13.7. The summed E-state index contributed by atoms with van der Waals surface area (Å²) in [4.78, 5) is 22.7. The molecule has 0 bridgehead atoms. The highest BCUT2D eigenvalue weighted by molar-refractivity contribution is 7.99. The molecule has 1 atom stereocenters. The molecule has 1 heterocycles. The van der Waals surface area contributed by atoms with Gasteiger partial charge in [0.1, 0.15) is 0 Å². The third-order valence-electron chi connectivity index (χ3n) is 2.84. The lowest BCUT2D eigenvalue weighted by atomic mass is 10.1. The standard InChI is InChI=1S/C13H17N3O2S/c14-12(17)7-9-1-3-10(4-2-9)16-13(18)11-8-19-6-5-15-11/h1-4,11,15H,5-8H2,(H2,14,17)(H,16,18). The minimum atomic E-state index is -0.361. The van der Waals surface area contributed by atoms with E-state index in [1.165, 1.54) is 0 Å². The molecule has 1 aliphatic heterocycles. The largest absolute Gasteiger partial charge is 0.369 e. The highest BCUT2D eigenvalue weighted by atomic mass is 32.2. The van der Waals surface area contributed by atoms with E-state index in [-0.39, 0.29) is 24.3 Å². The van der Waals surface area contributed by atoms with Gasteiger partial charge < -0.3 is 16.4 Å². The number of hydrogen-bond donors (Lipinski definition) is 3. The number of amides is 2. The first-order valence-electron chi connectivity index (χ1n) is 6.14. The van der Waals surface area contributed by atoms with Gasteiger partial charge in [-0.3, -0.25) is 9.59 Å². The van der Waals surface area contributed by atoms with E-state index in [4.69, 9.17) is 5.73 Å². The monoisotopic (exact) mass is 279 g/mol. The van der Waals surface area contributed by atoms with Crippen LogP contribution in [-0.4, -0.2) is 35.9 Å². The lowest BCUT2D eigenvalue weighted by Crippen LogP contribution is -2.46. The number of thioether (sulfide) groups is 1. The van der Waals surface area contributed by atoms with E-state index >= 15 is 0 Å². The summed E-state index contributed by atoms with van der Waals surface area (Å²) < 4.78 is 0. The Morgan fingerprint density at radius 3 is 2.68 bits per heavy atom. The van der Waals surface area contributed by atoms with Crippen LogP contribution in [0.3, 0.4) is 0 Å². The zero-order valence-electron chi connectivity index (χ0n) is 10.5. The molecule has 6 heteroatoms. The van der Waals surface area contributed by atoms with Crippen molar-refractivity contribution in [1.82, 2.24) is 5.32 Å². The molecule has 0 spiro atoms.